The molecule has 0 fully saturated rings. The summed E-state index contributed by atoms with van der Waals surface area (Å²) in [5.41, 5.74) is 2.61. The molecule has 0 saturated heterocycles. The summed E-state index contributed by atoms with van der Waals surface area (Å²) in [6.45, 7) is 4.16. The third kappa shape index (κ3) is 4.15. The minimum Gasteiger partial charge on any atom is -0.497 e. The Kier molecular flexibility index (Phi) is 6.08. The van der Waals surface area contributed by atoms with Crippen LogP contribution in [0.1, 0.15) is 43.9 Å². The summed E-state index contributed by atoms with van der Waals surface area (Å²) in [6, 6.07) is 12.5. The standard InChI is InChI=1S/C28H28N2O5S/c1-28(2)14-20-24(21(31)15-28)25(16-6-9-18(33-3)10-7-16)30-26(32)23(36-27(30)29-20)12-17-8-11-19(34-4)13-22(17)35-5/h6-13,25H,14-15H2,1-5H3/b23-12+. The number of ether oxygens (including phenoxy) is 3. The zero-order chi connectivity index (χ0) is 25.6. The fourth-order valence-corrected chi connectivity index (χ4v) is 5.94. The van der Waals surface area contributed by atoms with Crippen LogP contribution in [0.25, 0.3) is 6.08 Å². The molecule has 2 aromatic carbocycles. The van der Waals surface area contributed by atoms with Crippen LogP contribution in [0.5, 0.6) is 17.2 Å². The summed E-state index contributed by atoms with van der Waals surface area (Å²) >= 11 is 1.32. The third-order valence-electron chi connectivity index (χ3n) is 6.65. The molecular formula is C28H28N2O5S. The summed E-state index contributed by atoms with van der Waals surface area (Å²) in [7, 11) is 4.79. The van der Waals surface area contributed by atoms with Crippen molar-refractivity contribution in [1.29, 1.82) is 0 Å². The van der Waals surface area contributed by atoms with Gasteiger partial charge in [-0.25, -0.2) is 4.99 Å². The normalized spacial score (nSPS) is 18.9. The van der Waals surface area contributed by atoms with E-state index >= 15 is 0 Å². The fraction of sp³-hybridized carbons (Fsp3) is 0.321. The maximum atomic E-state index is 13.8. The van der Waals surface area contributed by atoms with Gasteiger partial charge in [0.25, 0.3) is 5.56 Å². The molecule has 0 N–H and O–H groups in total. The number of carbonyl (C=O) groups is 1. The second-order valence-corrected chi connectivity index (χ2v) is 10.8. The Labute approximate surface area is 213 Å². The number of carbonyl (C=O) groups excluding carboxylic acids is 1. The van der Waals surface area contributed by atoms with Gasteiger partial charge in [-0.15, -0.1) is 0 Å². The maximum Gasteiger partial charge on any atom is 0.271 e. The predicted molar refractivity (Wildman–Crippen MR) is 139 cm³/mol. The van der Waals surface area contributed by atoms with Crippen molar-refractivity contribution < 1.29 is 19.0 Å². The van der Waals surface area contributed by atoms with Gasteiger partial charge in [-0.1, -0.05) is 37.3 Å². The third-order valence-corrected chi connectivity index (χ3v) is 7.64. The van der Waals surface area contributed by atoms with Crippen molar-refractivity contribution in [2.45, 2.75) is 32.7 Å². The summed E-state index contributed by atoms with van der Waals surface area (Å²) < 4.78 is 18.3. The predicted octanol–water partition coefficient (Wildman–Crippen LogP) is 3.63. The number of fused-ring (bicyclic) bond motifs is 1. The Morgan fingerprint density at radius 2 is 1.67 bits per heavy atom. The molecule has 186 valence electrons. The molecule has 5 rings (SSSR count). The Bertz CT molecular complexity index is 1560. The summed E-state index contributed by atoms with van der Waals surface area (Å²) in [5.74, 6) is 2.02. The van der Waals surface area contributed by atoms with E-state index in [9.17, 15) is 9.59 Å². The molecule has 1 atom stereocenters. The molecule has 7 nitrogen and oxygen atoms in total. The smallest absolute Gasteiger partial charge is 0.271 e. The van der Waals surface area contributed by atoms with Gasteiger partial charge in [-0.2, -0.15) is 0 Å². The van der Waals surface area contributed by atoms with Crippen LogP contribution in [0.4, 0.5) is 0 Å². The van der Waals surface area contributed by atoms with Gasteiger partial charge in [0.1, 0.15) is 17.2 Å². The highest BCUT2D eigenvalue weighted by molar-refractivity contribution is 7.07. The number of aromatic nitrogens is 1. The SMILES string of the molecule is COc1ccc(C2C3=C(CC(C)(C)CC3=O)N=c3s/c(=C/c4ccc(OC)cc4OC)c(=O)n32)cc1. The van der Waals surface area contributed by atoms with Crippen LogP contribution in [-0.2, 0) is 4.79 Å². The van der Waals surface area contributed by atoms with Crippen LogP contribution < -0.4 is 29.1 Å². The van der Waals surface area contributed by atoms with Gasteiger partial charge < -0.3 is 14.2 Å². The molecule has 1 aromatic heterocycles. The van der Waals surface area contributed by atoms with Crippen LogP contribution in [0.2, 0.25) is 0 Å². The van der Waals surface area contributed by atoms with Crippen molar-refractivity contribution in [3.05, 3.63) is 84.5 Å². The highest BCUT2D eigenvalue weighted by Gasteiger charge is 2.40. The average Bonchev–Trinajstić information content (AvgIpc) is 3.16. The number of methoxy groups -OCH3 is 3. The first-order valence-electron chi connectivity index (χ1n) is 11.7. The minimum absolute atomic E-state index is 0.0388. The number of ketones is 1. The van der Waals surface area contributed by atoms with Crippen LogP contribution in [-0.4, -0.2) is 31.7 Å². The Morgan fingerprint density at radius 1 is 0.972 bits per heavy atom. The fourth-order valence-electron chi connectivity index (χ4n) is 4.93. The molecule has 2 heterocycles. The van der Waals surface area contributed by atoms with Gasteiger partial charge in [-0.3, -0.25) is 14.2 Å². The first kappa shape index (κ1) is 24.1. The molecular weight excluding hydrogens is 476 g/mol. The molecule has 0 bridgehead atoms. The van der Waals surface area contributed by atoms with Crippen LogP contribution in [0.3, 0.4) is 0 Å². The number of thiazole rings is 1. The zero-order valence-corrected chi connectivity index (χ0v) is 21.8. The van der Waals surface area contributed by atoms with Gasteiger partial charge in [0.2, 0.25) is 0 Å². The van der Waals surface area contributed by atoms with Crippen LogP contribution >= 0.6 is 11.3 Å². The monoisotopic (exact) mass is 504 g/mol. The molecule has 0 amide bonds. The number of hydrogen-bond acceptors (Lipinski definition) is 7. The molecule has 36 heavy (non-hydrogen) atoms. The van der Waals surface area contributed by atoms with Crippen molar-refractivity contribution >= 4 is 23.2 Å². The summed E-state index contributed by atoms with van der Waals surface area (Å²) in [6.07, 6.45) is 2.91. The topological polar surface area (TPSA) is 79.1 Å². The number of hydrogen-bond donors (Lipinski definition) is 0. The first-order chi connectivity index (χ1) is 17.2. The van der Waals surface area contributed by atoms with E-state index in [1.807, 2.05) is 42.5 Å². The largest absolute Gasteiger partial charge is 0.497 e. The van der Waals surface area contributed by atoms with Gasteiger partial charge >= 0.3 is 0 Å². The minimum atomic E-state index is -0.536. The van der Waals surface area contributed by atoms with Gasteiger partial charge in [0.15, 0.2) is 10.6 Å². The van der Waals surface area contributed by atoms with Gasteiger partial charge in [0, 0.05) is 23.6 Å². The quantitative estimate of drug-likeness (QED) is 0.530. The summed E-state index contributed by atoms with van der Waals surface area (Å²) in [4.78, 5) is 32.7. The molecule has 1 aliphatic heterocycles. The lowest BCUT2D eigenvalue weighted by Gasteiger charge is -2.35. The molecule has 1 unspecified atom stereocenters. The number of nitrogens with zero attached hydrogens (tertiary/aromatic N) is 2. The lowest BCUT2D eigenvalue weighted by molar-refractivity contribution is -0.118. The first-order valence-corrected chi connectivity index (χ1v) is 12.5. The van der Waals surface area contributed by atoms with Crippen molar-refractivity contribution in [2.24, 2.45) is 10.4 Å². The van der Waals surface area contributed by atoms with E-state index in [0.717, 1.165) is 16.8 Å². The van der Waals surface area contributed by atoms with Crippen molar-refractivity contribution in [2.75, 3.05) is 21.3 Å². The van der Waals surface area contributed by atoms with E-state index in [4.69, 9.17) is 19.2 Å². The lowest BCUT2D eigenvalue weighted by Crippen LogP contribution is -2.42. The Hall–Kier alpha value is -3.65. The molecule has 0 radical (unpaired) electrons. The van der Waals surface area contributed by atoms with E-state index in [2.05, 4.69) is 13.8 Å². The van der Waals surface area contributed by atoms with Gasteiger partial charge in [-0.05, 0) is 47.7 Å². The second-order valence-electron chi connectivity index (χ2n) is 9.77. The molecule has 0 saturated carbocycles. The maximum absolute atomic E-state index is 13.8. The van der Waals surface area contributed by atoms with Crippen molar-refractivity contribution in [1.82, 2.24) is 4.57 Å². The van der Waals surface area contributed by atoms with Gasteiger partial charge in [0.05, 0.1) is 37.6 Å². The van der Waals surface area contributed by atoms with E-state index < -0.39 is 6.04 Å². The highest BCUT2D eigenvalue weighted by atomic mass is 32.1. The number of Topliss-reactive ketones (excluding diaryl/α,β-unsaturated/α-hetero) is 1. The molecule has 2 aliphatic rings. The van der Waals surface area contributed by atoms with Crippen LogP contribution in [0, 0.1) is 5.41 Å². The number of rotatable bonds is 5. The molecule has 3 aromatic rings. The highest BCUT2D eigenvalue weighted by Crippen LogP contribution is 2.43. The number of allylic oxidation sites excluding steroid dienone is 2. The number of benzene rings is 2. The molecule has 0 spiro atoms. The second kappa shape index (κ2) is 9.09. The van der Waals surface area contributed by atoms with E-state index in [0.29, 0.717) is 45.0 Å². The van der Waals surface area contributed by atoms with Crippen molar-refractivity contribution in [3.63, 3.8) is 0 Å². The Morgan fingerprint density at radius 3 is 2.33 bits per heavy atom. The lowest BCUT2D eigenvalue weighted by atomic mass is 9.73. The van der Waals surface area contributed by atoms with E-state index in [1.165, 1.54) is 11.3 Å². The average molecular weight is 505 g/mol. The van der Waals surface area contributed by atoms with Crippen molar-refractivity contribution in [3.8, 4) is 17.2 Å². The van der Waals surface area contributed by atoms with E-state index in [1.54, 1.807) is 32.0 Å². The van der Waals surface area contributed by atoms with E-state index in [-0.39, 0.29) is 16.8 Å². The summed E-state index contributed by atoms with van der Waals surface area (Å²) in [5, 5.41) is 0. The van der Waals surface area contributed by atoms with Crippen LogP contribution in [0.15, 0.2) is 63.5 Å². The molecule has 1 aliphatic carbocycles. The molecule has 8 heteroatoms. The Balaban J connectivity index is 1.74. The zero-order valence-electron chi connectivity index (χ0n) is 21.0.